The van der Waals surface area contributed by atoms with Crippen LogP contribution in [0.5, 0.6) is 0 Å². The number of rotatable bonds is 6. The van der Waals surface area contributed by atoms with E-state index in [2.05, 4.69) is 68.6 Å². The summed E-state index contributed by atoms with van der Waals surface area (Å²) in [6.07, 6.45) is 1.12. The van der Waals surface area contributed by atoms with Crippen molar-refractivity contribution in [3.63, 3.8) is 0 Å². The monoisotopic (exact) mass is 454 g/mol. The lowest BCUT2D eigenvalue weighted by Crippen LogP contribution is -2.56. The number of halogens is 1. The number of para-hydroxylation sites is 1. The Morgan fingerprint density at radius 2 is 1.68 bits per heavy atom. The number of aromatic amines is 1. The minimum absolute atomic E-state index is 0.0616. The summed E-state index contributed by atoms with van der Waals surface area (Å²) >= 11 is 0. The Bertz CT molecular complexity index is 1250. The van der Waals surface area contributed by atoms with Crippen molar-refractivity contribution in [2.45, 2.75) is 25.0 Å². The van der Waals surface area contributed by atoms with E-state index in [4.69, 9.17) is 0 Å². The molecule has 6 rings (SSSR count). The smallest absolute Gasteiger partial charge is 0.123 e. The minimum Gasteiger partial charge on any atom is -0.357 e. The minimum atomic E-state index is -0.195. The zero-order valence-electron chi connectivity index (χ0n) is 19.4. The van der Waals surface area contributed by atoms with E-state index in [1.807, 2.05) is 18.2 Å². The highest BCUT2D eigenvalue weighted by atomic mass is 19.1. The number of benzene rings is 3. The van der Waals surface area contributed by atoms with E-state index in [-0.39, 0.29) is 11.9 Å². The maximum absolute atomic E-state index is 13.5. The zero-order chi connectivity index (χ0) is 22.9. The van der Waals surface area contributed by atoms with E-state index < -0.39 is 0 Å². The molecule has 1 aromatic heterocycles. The van der Waals surface area contributed by atoms with Crippen LogP contribution in [0.1, 0.15) is 28.4 Å². The molecule has 2 unspecified atom stereocenters. The number of aromatic nitrogens is 1. The molecule has 0 spiro atoms. The summed E-state index contributed by atoms with van der Waals surface area (Å²) in [6, 6.07) is 26.7. The van der Waals surface area contributed by atoms with Gasteiger partial charge in [-0.25, -0.2) is 4.39 Å². The van der Waals surface area contributed by atoms with Crippen LogP contribution >= 0.6 is 0 Å². The number of H-pyrrole nitrogens is 1. The molecule has 5 heteroatoms. The van der Waals surface area contributed by atoms with Gasteiger partial charge in [-0.05, 0) is 41.3 Å². The second kappa shape index (κ2) is 9.34. The number of piperazine rings is 1. The summed E-state index contributed by atoms with van der Waals surface area (Å²) < 4.78 is 13.5. The zero-order valence-corrected chi connectivity index (χ0v) is 19.4. The summed E-state index contributed by atoms with van der Waals surface area (Å²) in [5.41, 5.74) is 6.48. The first-order valence-corrected chi connectivity index (χ1v) is 12.3. The molecule has 2 atom stereocenters. The van der Waals surface area contributed by atoms with Gasteiger partial charge in [-0.3, -0.25) is 9.80 Å². The molecule has 34 heavy (non-hydrogen) atoms. The van der Waals surface area contributed by atoms with Crippen LogP contribution in [0.3, 0.4) is 0 Å². The van der Waals surface area contributed by atoms with Crippen LogP contribution < -0.4 is 5.32 Å². The van der Waals surface area contributed by atoms with Crippen LogP contribution in [0.2, 0.25) is 0 Å². The van der Waals surface area contributed by atoms with Crippen LogP contribution in [0.15, 0.2) is 78.9 Å². The fourth-order valence-electron chi connectivity index (χ4n) is 5.72. The molecule has 3 heterocycles. The van der Waals surface area contributed by atoms with Crippen LogP contribution in [0.25, 0.3) is 10.9 Å². The maximum atomic E-state index is 13.5. The first-order valence-electron chi connectivity index (χ1n) is 12.3. The van der Waals surface area contributed by atoms with Gasteiger partial charge >= 0.3 is 0 Å². The summed E-state index contributed by atoms with van der Waals surface area (Å²) in [5.74, 6) is -0.195. The summed E-state index contributed by atoms with van der Waals surface area (Å²) in [7, 11) is 0. The summed E-state index contributed by atoms with van der Waals surface area (Å²) in [6.45, 7) is 6.24. The molecule has 3 aromatic carbocycles. The quantitative estimate of drug-likeness (QED) is 0.442. The van der Waals surface area contributed by atoms with Gasteiger partial charge in [-0.1, -0.05) is 60.7 Å². The summed E-state index contributed by atoms with van der Waals surface area (Å²) in [5, 5.41) is 5.13. The molecule has 4 nitrogen and oxygen atoms in total. The average Bonchev–Trinajstić information content (AvgIpc) is 3.24. The molecule has 0 saturated carbocycles. The van der Waals surface area contributed by atoms with E-state index in [0.717, 1.165) is 51.3 Å². The molecular weight excluding hydrogens is 423 g/mol. The Morgan fingerprint density at radius 3 is 2.53 bits per heavy atom. The van der Waals surface area contributed by atoms with Gasteiger partial charge in [0, 0.05) is 61.9 Å². The first-order chi connectivity index (χ1) is 16.7. The van der Waals surface area contributed by atoms with Crippen molar-refractivity contribution in [2.24, 2.45) is 0 Å². The fraction of sp³-hybridized carbons (Fsp3) is 0.310. The van der Waals surface area contributed by atoms with Crippen molar-refractivity contribution in [3.05, 3.63) is 107 Å². The van der Waals surface area contributed by atoms with Gasteiger partial charge in [0.2, 0.25) is 0 Å². The standard InChI is InChI=1S/C29H31FN4/c30-23-12-10-22(11-13-23)29(21-6-2-1-3-7-21)31-14-15-33-16-17-34-20-28-26(18-24(34)19-33)25-8-4-5-9-27(25)32-28/h1-13,24,29,31-32H,14-20H2. The highest BCUT2D eigenvalue weighted by Crippen LogP contribution is 2.31. The third-order valence-corrected chi connectivity index (χ3v) is 7.50. The number of hydrogen-bond acceptors (Lipinski definition) is 3. The normalized spacial score (nSPS) is 19.6. The molecule has 2 aliphatic heterocycles. The predicted octanol–water partition coefficient (Wildman–Crippen LogP) is 4.73. The maximum Gasteiger partial charge on any atom is 0.123 e. The Kier molecular flexibility index (Phi) is 5.91. The molecule has 1 saturated heterocycles. The lowest BCUT2D eigenvalue weighted by Gasteiger charge is -2.44. The first kappa shape index (κ1) is 21.5. The van der Waals surface area contributed by atoms with Crippen molar-refractivity contribution in [3.8, 4) is 0 Å². The molecule has 4 aromatic rings. The number of fused-ring (bicyclic) bond motifs is 4. The fourth-order valence-corrected chi connectivity index (χ4v) is 5.72. The van der Waals surface area contributed by atoms with Crippen molar-refractivity contribution < 1.29 is 4.39 Å². The highest BCUT2D eigenvalue weighted by Gasteiger charge is 2.33. The van der Waals surface area contributed by atoms with E-state index >= 15 is 0 Å². The lowest BCUT2D eigenvalue weighted by molar-refractivity contribution is 0.0604. The van der Waals surface area contributed by atoms with Crippen LogP contribution in [-0.2, 0) is 13.0 Å². The SMILES string of the molecule is Fc1ccc(C(NCCN2CCN3Cc4[nH]c5ccccc5c4CC3C2)c2ccccc2)cc1. The number of hydrogen-bond donors (Lipinski definition) is 2. The van der Waals surface area contributed by atoms with Crippen molar-refractivity contribution in [1.29, 1.82) is 0 Å². The molecular formula is C29H31FN4. The molecule has 1 fully saturated rings. The molecule has 0 amide bonds. The number of nitrogens with one attached hydrogen (secondary N) is 2. The van der Waals surface area contributed by atoms with Crippen LogP contribution in [0, 0.1) is 5.82 Å². The second-order valence-corrected chi connectivity index (χ2v) is 9.61. The molecule has 174 valence electrons. The van der Waals surface area contributed by atoms with Gasteiger partial charge in [0.1, 0.15) is 5.82 Å². The third-order valence-electron chi connectivity index (χ3n) is 7.50. The van der Waals surface area contributed by atoms with E-state index in [0.29, 0.717) is 6.04 Å². The molecule has 2 aliphatic rings. The van der Waals surface area contributed by atoms with Crippen LogP contribution in [0.4, 0.5) is 4.39 Å². The lowest BCUT2D eigenvalue weighted by atomic mass is 9.94. The highest BCUT2D eigenvalue weighted by molar-refractivity contribution is 5.84. The number of nitrogens with zero attached hydrogens (tertiary/aromatic N) is 2. The summed E-state index contributed by atoms with van der Waals surface area (Å²) in [4.78, 5) is 8.90. The van der Waals surface area contributed by atoms with Gasteiger partial charge in [-0.2, -0.15) is 0 Å². The Labute approximate surface area is 200 Å². The molecule has 0 aliphatic carbocycles. The third kappa shape index (κ3) is 4.27. The average molecular weight is 455 g/mol. The van der Waals surface area contributed by atoms with Crippen LogP contribution in [-0.4, -0.2) is 53.5 Å². The van der Waals surface area contributed by atoms with Gasteiger partial charge < -0.3 is 10.3 Å². The Morgan fingerprint density at radius 1 is 0.912 bits per heavy atom. The van der Waals surface area contributed by atoms with Gasteiger partial charge in [0.25, 0.3) is 0 Å². The molecule has 0 bridgehead atoms. The van der Waals surface area contributed by atoms with Crippen molar-refractivity contribution in [1.82, 2.24) is 20.1 Å². The largest absolute Gasteiger partial charge is 0.357 e. The molecule has 2 N–H and O–H groups in total. The van der Waals surface area contributed by atoms with E-state index in [1.165, 1.54) is 27.7 Å². The van der Waals surface area contributed by atoms with Gasteiger partial charge in [0.15, 0.2) is 0 Å². The van der Waals surface area contributed by atoms with Crippen molar-refractivity contribution >= 4 is 10.9 Å². The predicted molar refractivity (Wildman–Crippen MR) is 135 cm³/mol. The van der Waals surface area contributed by atoms with E-state index in [1.54, 1.807) is 12.1 Å². The Balaban J connectivity index is 1.11. The van der Waals surface area contributed by atoms with E-state index in [9.17, 15) is 4.39 Å². The second-order valence-electron chi connectivity index (χ2n) is 9.61. The molecule has 0 radical (unpaired) electrons. The van der Waals surface area contributed by atoms with Gasteiger partial charge in [-0.15, -0.1) is 0 Å². The van der Waals surface area contributed by atoms with Gasteiger partial charge in [0.05, 0.1) is 6.04 Å². The topological polar surface area (TPSA) is 34.3 Å². The van der Waals surface area contributed by atoms with Crippen molar-refractivity contribution in [2.75, 3.05) is 32.7 Å². The Hall–Kier alpha value is -2.99.